The number of ether oxygens (including phenoxy) is 2. The monoisotopic (exact) mass is 376 g/mol. The SMILES string of the molecule is Nc1c(Br)cc(C(=O)OCCCl)cc1CN1CCOCC1. The fourth-order valence-corrected chi connectivity index (χ4v) is 2.72. The van der Waals surface area contributed by atoms with Gasteiger partial charge < -0.3 is 15.2 Å². The van der Waals surface area contributed by atoms with Crippen LogP contribution in [0.1, 0.15) is 15.9 Å². The number of carbonyl (C=O) groups is 1. The van der Waals surface area contributed by atoms with Gasteiger partial charge >= 0.3 is 5.97 Å². The van der Waals surface area contributed by atoms with Crippen LogP contribution in [0, 0.1) is 0 Å². The van der Waals surface area contributed by atoms with E-state index in [1.807, 2.05) is 0 Å². The van der Waals surface area contributed by atoms with Gasteiger partial charge in [-0.25, -0.2) is 4.79 Å². The first-order chi connectivity index (χ1) is 10.1. The zero-order valence-corrected chi connectivity index (χ0v) is 14.0. The molecule has 0 saturated carbocycles. The molecule has 2 N–H and O–H groups in total. The molecule has 0 amide bonds. The Kier molecular flexibility index (Phi) is 6.29. The van der Waals surface area contributed by atoms with Crippen molar-refractivity contribution in [3.8, 4) is 0 Å². The number of hydrogen-bond donors (Lipinski definition) is 1. The first-order valence-corrected chi connectivity index (χ1v) is 8.05. The molecule has 1 heterocycles. The maximum Gasteiger partial charge on any atom is 0.338 e. The fourth-order valence-electron chi connectivity index (χ4n) is 2.14. The van der Waals surface area contributed by atoms with Crippen molar-refractivity contribution in [2.24, 2.45) is 0 Å². The van der Waals surface area contributed by atoms with Gasteiger partial charge in [-0.2, -0.15) is 0 Å². The Labute approximate surface area is 137 Å². The lowest BCUT2D eigenvalue weighted by molar-refractivity contribution is 0.0342. The summed E-state index contributed by atoms with van der Waals surface area (Å²) in [4.78, 5) is 14.2. The highest BCUT2D eigenvalue weighted by molar-refractivity contribution is 9.10. The average molecular weight is 378 g/mol. The van der Waals surface area contributed by atoms with Gasteiger partial charge in [0.1, 0.15) is 6.61 Å². The quantitative estimate of drug-likeness (QED) is 0.484. The van der Waals surface area contributed by atoms with Crippen molar-refractivity contribution < 1.29 is 14.3 Å². The molecule has 1 fully saturated rings. The van der Waals surface area contributed by atoms with Crippen molar-refractivity contribution in [3.05, 3.63) is 27.7 Å². The molecular weight excluding hydrogens is 360 g/mol. The molecule has 21 heavy (non-hydrogen) atoms. The minimum atomic E-state index is -0.389. The van der Waals surface area contributed by atoms with Crippen molar-refractivity contribution in [2.45, 2.75) is 6.54 Å². The Morgan fingerprint density at radius 3 is 2.81 bits per heavy atom. The smallest absolute Gasteiger partial charge is 0.338 e. The van der Waals surface area contributed by atoms with Gasteiger partial charge in [0.05, 0.1) is 30.3 Å². The van der Waals surface area contributed by atoms with Crippen LogP contribution in [-0.4, -0.2) is 49.7 Å². The Bertz CT molecular complexity index is 507. The average Bonchev–Trinajstić information content (AvgIpc) is 2.50. The van der Waals surface area contributed by atoms with Crippen LogP contribution in [0.5, 0.6) is 0 Å². The van der Waals surface area contributed by atoms with Crippen LogP contribution in [0.3, 0.4) is 0 Å². The molecule has 0 bridgehead atoms. The van der Waals surface area contributed by atoms with E-state index in [0.717, 1.165) is 31.9 Å². The summed E-state index contributed by atoms with van der Waals surface area (Å²) in [5, 5.41) is 0. The molecule has 1 aromatic rings. The molecule has 0 unspecified atom stereocenters. The molecule has 1 saturated heterocycles. The van der Waals surface area contributed by atoms with E-state index in [4.69, 9.17) is 26.8 Å². The number of nitrogens with zero attached hydrogens (tertiary/aromatic N) is 1. The van der Waals surface area contributed by atoms with Crippen LogP contribution in [0.2, 0.25) is 0 Å². The summed E-state index contributed by atoms with van der Waals surface area (Å²) >= 11 is 8.92. The third kappa shape index (κ3) is 4.57. The second kappa shape index (κ2) is 7.98. The largest absolute Gasteiger partial charge is 0.461 e. The number of carbonyl (C=O) groups excluding carboxylic acids is 1. The molecule has 0 atom stereocenters. The number of morpholine rings is 1. The predicted molar refractivity (Wildman–Crippen MR) is 85.7 cm³/mol. The van der Waals surface area contributed by atoms with E-state index in [9.17, 15) is 4.79 Å². The molecule has 5 nitrogen and oxygen atoms in total. The molecule has 0 aromatic heterocycles. The zero-order chi connectivity index (χ0) is 15.2. The number of hydrogen-bond acceptors (Lipinski definition) is 5. The number of alkyl halides is 1. The summed E-state index contributed by atoms with van der Waals surface area (Å²) < 4.78 is 11.1. The summed E-state index contributed by atoms with van der Waals surface area (Å²) in [7, 11) is 0. The number of halogens is 2. The molecule has 2 rings (SSSR count). The number of esters is 1. The van der Waals surface area contributed by atoms with E-state index < -0.39 is 0 Å². The van der Waals surface area contributed by atoms with E-state index in [1.54, 1.807) is 12.1 Å². The highest BCUT2D eigenvalue weighted by atomic mass is 79.9. The predicted octanol–water partition coefficient (Wildman–Crippen LogP) is 2.26. The van der Waals surface area contributed by atoms with E-state index in [0.29, 0.717) is 22.3 Å². The highest BCUT2D eigenvalue weighted by Gasteiger charge is 2.17. The van der Waals surface area contributed by atoms with Gasteiger partial charge in [0, 0.05) is 24.1 Å². The molecule has 0 aliphatic carbocycles. The lowest BCUT2D eigenvalue weighted by Crippen LogP contribution is -2.35. The molecule has 0 spiro atoms. The molecule has 1 aromatic carbocycles. The van der Waals surface area contributed by atoms with E-state index >= 15 is 0 Å². The Morgan fingerprint density at radius 1 is 1.43 bits per heavy atom. The summed E-state index contributed by atoms with van der Waals surface area (Å²) in [6.45, 7) is 4.04. The lowest BCUT2D eigenvalue weighted by Gasteiger charge is -2.27. The normalized spacial score (nSPS) is 15.9. The minimum absolute atomic E-state index is 0.196. The third-order valence-corrected chi connectivity index (χ3v) is 4.07. The second-order valence-electron chi connectivity index (χ2n) is 4.74. The first kappa shape index (κ1) is 16.5. The molecule has 1 aliphatic rings. The van der Waals surface area contributed by atoms with Crippen molar-refractivity contribution in [1.82, 2.24) is 4.90 Å². The van der Waals surface area contributed by atoms with Gasteiger partial charge in [0.15, 0.2) is 0 Å². The molecule has 1 aliphatic heterocycles. The maximum atomic E-state index is 11.9. The standard InChI is InChI=1S/C14H18BrClN2O3/c15-12-8-10(14(19)21-4-1-16)7-11(13(12)17)9-18-2-5-20-6-3-18/h7-8H,1-6,9,17H2. The van der Waals surface area contributed by atoms with Crippen LogP contribution < -0.4 is 5.73 Å². The van der Waals surface area contributed by atoms with Crippen molar-refractivity contribution in [2.75, 3.05) is 44.5 Å². The van der Waals surface area contributed by atoms with E-state index in [1.165, 1.54) is 0 Å². The van der Waals surface area contributed by atoms with Crippen molar-refractivity contribution in [1.29, 1.82) is 0 Å². The number of anilines is 1. The minimum Gasteiger partial charge on any atom is -0.461 e. The molecule has 116 valence electrons. The van der Waals surface area contributed by atoms with Gasteiger partial charge in [-0.15, -0.1) is 11.6 Å². The summed E-state index contributed by atoms with van der Waals surface area (Å²) in [5.41, 5.74) is 8.12. The zero-order valence-electron chi connectivity index (χ0n) is 11.6. The van der Waals surface area contributed by atoms with Gasteiger partial charge in [-0.3, -0.25) is 4.90 Å². The van der Waals surface area contributed by atoms with Gasteiger partial charge in [-0.1, -0.05) is 0 Å². The molecular formula is C14H18BrClN2O3. The maximum absolute atomic E-state index is 11.9. The molecule has 0 radical (unpaired) electrons. The summed E-state index contributed by atoms with van der Waals surface area (Å²) in [6.07, 6.45) is 0. The third-order valence-electron chi connectivity index (χ3n) is 3.26. The van der Waals surface area contributed by atoms with E-state index in [2.05, 4.69) is 20.8 Å². The number of rotatable bonds is 5. The fraction of sp³-hybridized carbons (Fsp3) is 0.500. The molecule has 7 heteroatoms. The van der Waals surface area contributed by atoms with Gasteiger partial charge in [0.25, 0.3) is 0 Å². The van der Waals surface area contributed by atoms with Crippen LogP contribution in [0.15, 0.2) is 16.6 Å². The van der Waals surface area contributed by atoms with Crippen LogP contribution in [-0.2, 0) is 16.0 Å². The van der Waals surface area contributed by atoms with Crippen molar-refractivity contribution >= 4 is 39.2 Å². The van der Waals surface area contributed by atoms with Crippen LogP contribution in [0.4, 0.5) is 5.69 Å². The van der Waals surface area contributed by atoms with E-state index in [-0.39, 0.29) is 18.5 Å². The van der Waals surface area contributed by atoms with Gasteiger partial charge in [0.2, 0.25) is 0 Å². The number of nitrogens with two attached hydrogens (primary N) is 1. The topological polar surface area (TPSA) is 64.8 Å². The summed E-state index contributed by atoms with van der Waals surface area (Å²) in [5.74, 6) is -0.109. The Hall–Kier alpha value is -0.820. The Morgan fingerprint density at radius 2 is 2.14 bits per heavy atom. The van der Waals surface area contributed by atoms with Crippen LogP contribution >= 0.6 is 27.5 Å². The van der Waals surface area contributed by atoms with Crippen LogP contribution in [0.25, 0.3) is 0 Å². The highest BCUT2D eigenvalue weighted by Crippen LogP contribution is 2.27. The Balaban J connectivity index is 2.15. The van der Waals surface area contributed by atoms with Crippen molar-refractivity contribution in [3.63, 3.8) is 0 Å². The first-order valence-electron chi connectivity index (χ1n) is 6.73. The van der Waals surface area contributed by atoms with Gasteiger partial charge in [-0.05, 0) is 33.6 Å². The number of nitrogen functional groups attached to an aromatic ring is 1. The number of benzene rings is 1. The summed E-state index contributed by atoms with van der Waals surface area (Å²) in [6, 6.07) is 3.46. The lowest BCUT2D eigenvalue weighted by atomic mass is 10.1. The second-order valence-corrected chi connectivity index (χ2v) is 5.98.